The Kier molecular flexibility index (Phi) is 7.69. The molecule has 1 amide bonds. The van der Waals surface area contributed by atoms with Crippen molar-refractivity contribution in [3.8, 4) is 5.75 Å². The molecule has 0 aliphatic heterocycles. The van der Waals surface area contributed by atoms with Gasteiger partial charge < -0.3 is 14.5 Å². The highest BCUT2D eigenvalue weighted by Gasteiger charge is 2.16. The average Bonchev–Trinajstić information content (AvgIpc) is 3.23. The number of para-hydroxylation sites is 1. The second-order valence-corrected chi connectivity index (χ2v) is 7.49. The standard InChI is InChI=1S/C25H30N2O3/c1-4-19(2)26-25(28)24-15-14-22(30-24)18-27(16-20-10-6-5-7-11-20)17-21-12-8-9-13-23(21)29-3/h5-15,19H,4,16-18H2,1-3H3,(H,26,28). The zero-order valence-electron chi connectivity index (χ0n) is 17.9. The minimum Gasteiger partial charge on any atom is -0.496 e. The van der Waals surface area contributed by atoms with E-state index in [-0.39, 0.29) is 11.9 Å². The molecule has 5 nitrogen and oxygen atoms in total. The number of ether oxygens (including phenoxy) is 1. The van der Waals surface area contributed by atoms with E-state index in [1.54, 1.807) is 13.2 Å². The summed E-state index contributed by atoms with van der Waals surface area (Å²) in [5, 5.41) is 2.94. The molecule has 1 heterocycles. The maximum Gasteiger partial charge on any atom is 0.287 e. The third kappa shape index (κ3) is 5.97. The van der Waals surface area contributed by atoms with Gasteiger partial charge in [-0.25, -0.2) is 0 Å². The van der Waals surface area contributed by atoms with Crippen molar-refractivity contribution in [2.24, 2.45) is 0 Å². The van der Waals surface area contributed by atoms with Crippen LogP contribution >= 0.6 is 0 Å². The number of carbonyl (C=O) groups is 1. The van der Waals surface area contributed by atoms with Crippen LogP contribution < -0.4 is 10.1 Å². The van der Waals surface area contributed by atoms with Crippen LogP contribution in [-0.2, 0) is 19.6 Å². The summed E-state index contributed by atoms with van der Waals surface area (Å²) in [6.45, 7) is 6.07. The van der Waals surface area contributed by atoms with E-state index in [4.69, 9.17) is 9.15 Å². The summed E-state index contributed by atoms with van der Waals surface area (Å²) in [6.07, 6.45) is 0.878. The first kappa shape index (κ1) is 21.7. The fraction of sp³-hybridized carbons (Fsp3) is 0.320. The van der Waals surface area contributed by atoms with Crippen molar-refractivity contribution < 1.29 is 13.9 Å². The number of hydrogen-bond acceptors (Lipinski definition) is 4. The molecule has 0 aliphatic rings. The number of amides is 1. The van der Waals surface area contributed by atoms with Crippen LogP contribution in [0.15, 0.2) is 71.1 Å². The average molecular weight is 407 g/mol. The highest BCUT2D eigenvalue weighted by atomic mass is 16.5. The summed E-state index contributed by atoms with van der Waals surface area (Å²) in [7, 11) is 1.69. The maximum atomic E-state index is 12.3. The minimum atomic E-state index is -0.171. The summed E-state index contributed by atoms with van der Waals surface area (Å²) in [6, 6.07) is 22.1. The molecule has 30 heavy (non-hydrogen) atoms. The molecule has 1 unspecified atom stereocenters. The molecular weight excluding hydrogens is 376 g/mol. The van der Waals surface area contributed by atoms with Crippen molar-refractivity contribution >= 4 is 5.91 Å². The number of carbonyl (C=O) groups excluding carboxylic acids is 1. The van der Waals surface area contributed by atoms with E-state index in [2.05, 4.69) is 28.4 Å². The summed E-state index contributed by atoms with van der Waals surface area (Å²) in [4.78, 5) is 14.6. The Labute approximate surface area is 178 Å². The lowest BCUT2D eigenvalue weighted by molar-refractivity contribution is 0.0906. The van der Waals surface area contributed by atoms with Gasteiger partial charge in [0.2, 0.25) is 0 Å². The van der Waals surface area contributed by atoms with Gasteiger partial charge in [-0.1, -0.05) is 55.5 Å². The van der Waals surface area contributed by atoms with E-state index in [1.165, 1.54) is 5.56 Å². The van der Waals surface area contributed by atoms with E-state index in [0.29, 0.717) is 18.8 Å². The number of benzene rings is 2. The second-order valence-electron chi connectivity index (χ2n) is 7.49. The van der Waals surface area contributed by atoms with Crippen LogP contribution in [0.3, 0.4) is 0 Å². The fourth-order valence-electron chi connectivity index (χ4n) is 3.29. The minimum absolute atomic E-state index is 0.117. The van der Waals surface area contributed by atoms with Crippen molar-refractivity contribution in [2.45, 2.75) is 45.9 Å². The molecule has 2 aromatic carbocycles. The number of nitrogens with one attached hydrogen (secondary N) is 1. The Hall–Kier alpha value is -3.05. The molecule has 1 aromatic heterocycles. The summed E-state index contributed by atoms with van der Waals surface area (Å²) < 4.78 is 11.4. The molecule has 0 radical (unpaired) electrons. The lowest BCUT2D eigenvalue weighted by Crippen LogP contribution is -2.31. The van der Waals surface area contributed by atoms with E-state index in [0.717, 1.165) is 30.0 Å². The third-order valence-electron chi connectivity index (χ3n) is 5.09. The zero-order chi connectivity index (χ0) is 21.3. The Bertz CT molecular complexity index is 936. The largest absolute Gasteiger partial charge is 0.496 e. The molecule has 1 atom stereocenters. The molecule has 3 rings (SSSR count). The summed E-state index contributed by atoms with van der Waals surface area (Å²) in [5.74, 6) is 1.80. The van der Waals surface area contributed by atoms with Gasteiger partial charge in [0, 0.05) is 24.7 Å². The number of nitrogens with zero attached hydrogens (tertiary/aromatic N) is 1. The Morgan fingerprint density at radius 1 is 1.00 bits per heavy atom. The number of furan rings is 1. The van der Waals surface area contributed by atoms with Crippen molar-refractivity contribution in [1.82, 2.24) is 10.2 Å². The van der Waals surface area contributed by atoms with E-state index < -0.39 is 0 Å². The fourth-order valence-corrected chi connectivity index (χ4v) is 3.29. The van der Waals surface area contributed by atoms with Crippen molar-refractivity contribution in [2.75, 3.05) is 7.11 Å². The Morgan fingerprint density at radius 3 is 2.47 bits per heavy atom. The van der Waals surface area contributed by atoms with Crippen LogP contribution in [0.25, 0.3) is 0 Å². The Morgan fingerprint density at radius 2 is 1.73 bits per heavy atom. The normalized spacial score (nSPS) is 12.0. The lowest BCUT2D eigenvalue weighted by atomic mass is 10.1. The van der Waals surface area contributed by atoms with E-state index in [9.17, 15) is 4.79 Å². The molecule has 0 spiro atoms. The number of hydrogen-bond donors (Lipinski definition) is 1. The van der Waals surface area contributed by atoms with Crippen LogP contribution in [0.4, 0.5) is 0 Å². The first-order valence-electron chi connectivity index (χ1n) is 10.4. The topological polar surface area (TPSA) is 54.7 Å². The van der Waals surface area contributed by atoms with Crippen LogP contribution in [-0.4, -0.2) is 24.0 Å². The molecule has 3 aromatic rings. The van der Waals surface area contributed by atoms with Gasteiger partial charge in [-0.2, -0.15) is 0 Å². The number of rotatable bonds is 10. The first-order valence-corrected chi connectivity index (χ1v) is 10.4. The molecule has 0 saturated heterocycles. The van der Waals surface area contributed by atoms with Gasteiger partial charge in [-0.05, 0) is 37.1 Å². The molecular formula is C25H30N2O3. The summed E-state index contributed by atoms with van der Waals surface area (Å²) in [5.41, 5.74) is 2.32. The highest BCUT2D eigenvalue weighted by Crippen LogP contribution is 2.22. The monoisotopic (exact) mass is 406 g/mol. The van der Waals surface area contributed by atoms with Crippen LogP contribution in [0.5, 0.6) is 5.75 Å². The molecule has 158 valence electrons. The number of methoxy groups -OCH3 is 1. The molecule has 1 N–H and O–H groups in total. The van der Waals surface area contributed by atoms with E-state index >= 15 is 0 Å². The van der Waals surface area contributed by atoms with Gasteiger partial charge in [0.15, 0.2) is 5.76 Å². The molecule has 0 bridgehead atoms. The first-order chi connectivity index (χ1) is 14.6. The van der Waals surface area contributed by atoms with Gasteiger partial charge in [0.25, 0.3) is 5.91 Å². The van der Waals surface area contributed by atoms with Crippen molar-refractivity contribution in [3.63, 3.8) is 0 Å². The van der Waals surface area contributed by atoms with Gasteiger partial charge in [-0.15, -0.1) is 0 Å². The molecule has 5 heteroatoms. The predicted octanol–water partition coefficient (Wildman–Crippen LogP) is 5.02. The lowest BCUT2D eigenvalue weighted by Gasteiger charge is -2.22. The third-order valence-corrected chi connectivity index (χ3v) is 5.09. The molecule has 0 fully saturated rings. The van der Waals surface area contributed by atoms with Gasteiger partial charge in [0.1, 0.15) is 11.5 Å². The quantitative estimate of drug-likeness (QED) is 0.514. The predicted molar refractivity (Wildman–Crippen MR) is 118 cm³/mol. The van der Waals surface area contributed by atoms with Crippen molar-refractivity contribution in [1.29, 1.82) is 0 Å². The van der Waals surface area contributed by atoms with Gasteiger partial charge >= 0.3 is 0 Å². The van der Waals surface area contributed by atoms with Crippen molar-refractivity contribution in [3.05, 3.63) is 89.4 Å². The molecule has 0 aliphatic carbocycles. The molecule has 0 saturated carbocycles. The second kappa shape index (κ2) is 10.6. The summed E-state index contributed by atoms with van der Waals surface area (Å²) >= 11 is 0. The highest BCUT2D eigenvalue weighted by molar-refractivity contribution is 5.91. The zero-order valence-corrected chi connectivity index (χ0v) is 17.9. The van der Waals surface area contributed by atoms with Crippen LogP contribution in [0.1, 0.15) is 47.7 Å². The SMILES string of the molecule is CCC(C)NC(=O)c1ccc(CN(Cc2ccccc2)Cc2ccccc2OC)o1. The maximum absolute atomic E-state index is 12.3. The smallest absolute Gasteiger partial charge is 0.287 e. The Balaban J connectivity index is 1.76. The van der Waals surface area contributed by atoms with E-state index in [1.807, 2.05) is 56.3 Å². The van der Waals surface area contributed by atoms with Crippen LogP contribution in [0.2, 0.25) is 0 Å². The van der Waals surface area contributed by atoms with Crippen LogP contribution in [0, 0.1) is 0 Å². The van der Waals surface area contributed by atoms with Gasteiger partial charge in [0.05, 0.1) is 13.7 Å². The van der Waals surface area contributed by atoms with Gasteiger partial charge in [-0.3, -0.25) is 9.69 Å².